The first kappa shape index (κ1) is 18.0. The molecule has 0 saturated heterocycles. The van der Waals surface area contributed by atoms with Crippen LogP contribution in [0.4, 0.5) is 0 Å². The van der Waals surface area contributed by atoms with Gasteiger partial charge in [-0.15, -0.1) is 0 Å². The average Bonchev–Trinajstić information content (AvgIpc) is 3.02. The van der Waals surface area contributed by atoms with Crippen molar-refractivity contribution < 1.29 is 14.6 Å². The number of carbonyl (C=O) groups is 1. The van der Waals surface area contributed by atoms with Gasteiger partial charge in [0.05, 0.1) is 18.4 Å². The third-order valence-corrected chi connectivity index (χ3v) is 4.75. The third kappa shape index (κ3) is 3.18. The fourth-order valence-electron chi connectivity index (χ4n) is 3.46. The Kier molecular flexibility index (Phi) is 5.28. The largest absolute Gasteiger partial charge is 0.496 e. The molecule has 0 radical (unpaired) electrons. The number of aromatic amines is 1. The summed E-state index contributed by atoms with van der Waals surface area (Å²) in [4.78, 5) is 15.3. The zero-order valence-corrected chi connectivity index (χ0v) is 15.1. The minimum atomic E-state index is -0.916. The van der Waals surface area contributed by atoms with Gasteiger partial charge in [0.2, 0.25) is 0 Å². The fraction of sp³-hybridized carbons (Fsp3) is 0.286. The fourth-order valence-corrected chi connectivity index (χ4v) is 3.46. The molecule has 0 aliphatic rings. The average molecular weight is 352 g/mol. The maximum atomic E-state index is 11.8. The Labute approximate surface area is 152 Å². The van der Waals surface area contributed by atoms with Crippen molar-refractivity contribution in [1.82, 2.24) is 4.98 Å². The lowest BCUT2D eigenvalue weighted by Gasteiger charge is -2.10. The predicted molar refractivity (Wildman–Crippen MR) is 104 cm³/mol. The van der Waals surface area contributed by atoms with Crippen LogP contribution in [-0.4, -0.2) is 29.7 Å². The monoisotopic (exact) mass is 352 g/mol. The summed E-state index contributed by atoms with van der Waals surface area (Å²) >= 11 is 0. The molecule has 4 N–H and O–H groups in total. The van der Waals surface area contributed by atoms with Gasteiger partial charge in [0, 0.05) is 16.5 Å². The van der Waals surface area contributed by atoms with Crippen molar-refractivity contribution in [2.75, 3.05) is 13.7 Å². The van der Waals surface area contributed by atoms with Gasteiger partial charge in [-0.3, -0.25) is 0 Å². The highest BCUT2D eigenvalue weighted by molar-refractivity contribution is 6.07. The lowest BCUT2D eigenvalue weighted by molar-refractivity contribution is 0.0699. The topological polar surface area (TPSA) is 88.3 Å². The van der Waals surface area contributed by atoms with Gasteiger partial charge in [-0.1, -0.05) is 18.2 Å². The van der Waals surface area contributed by atoms with E-state index in [0.717, 1.165) is 58.3 Å². The first-order chi connectivity index (χ1) is 12.6. The number of hydrogen-bond acceptors (Lipinski definition) is 3. The molecule has 0 aliphatic carbocycles. The van der Waals surface area contributed by atoms with Crippen molar-refractivity contribution in [3.05, 3.63) is 53.1 Å². The summed E-state index contributed by atoms with van der Waals surface area (Å²) in [5, 5.41) is 10.5. The van der Waals surface area contributed by atoms with E-state index >= 15 is 0 Å². The summed E-state index contributed by atoms with van der Waals surface area (Å²) in [6.07, 6.45) is 2.55. The maximum absolute atomic E-state index is 11.8. The van der Waals surface area contributed by atoms with Crippen LogP contribution in [0.25, 0.3) is 22.2 Å². The zero-order valence-electron chi connectivity index (χ0n) is 15.1. The molecule has 5 nitrogen and oxygen atoms in total. The minimum absolute atomic E-state index is 0.325. The second-order valence-corrected chi connectivity index (χ2v) is 6.41. The predicted octanol–water partition coefficient (Wildman–Crippen LogP) is 4.13. The quantitative estimate of drug-likeness (QED) is 0.558. The number of aryl methyl sites for hydroxylation is 2. The van der Waals surface area contributed by atoms with E-state index in [2.05, 4.69) is 4.98 Å². The van der Waals surface area contributed by atoms with Crippen molar-refractivity contribution >= 4 is 16.9 Å². The van der Waals surface area contributed by atoms with Gasteiger partial charge in [0.1, 0.15) is 5.75 Å². The van der Waals surface area contributed by atoms with Crippen LogP contribution in [0.15, 0.2) is 36.4 Å². The molecule has 0 aliphatic heterocycles. The summed E-state index contributed by atoms with van der Waals surface area (Å²) in [5.74, 6) is -0.158. The van der Waals surface area contributed by atoms with E-state index in [4.69, 9.17) is 10.5 Å². The lowest BCUT2D eigenvalue weighted by Crippen LogP contribution is -2.01. The second kappa shape index (κ2) is 7.62. The number of unbranched alkanes of at least 4 members (excludes halogenated alkanes) is 1. The minimum Gasteiger partial charge on any atom is -0.496 e. The number of carboxylic acid groups (broad SMARTS) is 1. The highest BCUT2D eigenvalue weighted by Gasteiger charge is 2.21. The summed E-state index contributed by atoms with van der Waals surface area (Å²) < 4.78 is 5.53. The molecule has 0 atom stereocenters. The van der Waals surface area contributed by atoms with Crippen LogP contribution in [0.5, 0.6) is 5.75 Å². The number of H-pyrrole nitrogens is 1. The Morgan fingerprint density at radius 3 is 2.65 bits per heavy atom. The Balaban J connectivity index is 2.31. The molecule has 3 rings (SSSR count). The van der Waals surface area contributed by atoms with Gasteiger partial charge < -0.3 is 20.6 Å². The van der Waals surface area contributed by atoms with E-state index in [1.807, 2.05) is 37.3 Å². The second-order valence-electron chi connectivity index (χ2n) is 6.41. The molecule has 1 aromatic heterocycles. The van der Waals surface area contributed by atoms with E-state index < -0.39 is 5.97 Å². The molecule has 26 heavy (non-hydrogen) atoms. The van der Waals surface area contributed by atoms with Crippen LogP contribution in [0.1, 0.15) is 34.3 Å². The number of ether oxygens (including phenoxy) is 1. The molecule has 0 saturated carbocycles. The number of hydrogen-bond donors (Lipinski definition) is 3. The lowest BCUT2D eigenvalue weighted by atomic mass is 9.96. The van der Waals surface area contributed by atoms with Crippen molar-refractivity contribution in [2.24, 2.45) is 5.73 Å². The first-order valence-corrected chi connectivity index (χ1v) is 8.79. The van der Waals surface area contributed by atoms with Crippen LogP contribution in [0.2, 0.25) is 0 Å². The standard InChI is InChI=1S/C21H24N2O3/c1-13-10-11-16(21(24)25)18-15(8-5-6-12-22)20(23-19(13)18)14-7-3-4-9-17(14)26-2/h3-4,7,9-11,23H,5-6,8,12,22H2,1-2H3,(H,24,25). The van der Waals surface area contributed by atoms with Crippen LogP contribution >= 0.6 is 0 Å². The zero-order chi connectivity index (χ0) is 18.7. The smallest absolute Gasteiger partial charge is 0.336 e. The van der Waals surface area contributed by atoms with Crippen molar-refractivity contribution in [2.45, 2.75) is 26.2 Å². The van der Waals surface area contributed by atoms with E-state index in [1.54, 1.807) is 13.2 Å². The molecule has 0 amide bonds. The summed E-state index contributed by atoms with van der Waals surface area (Å²) in [5.41, 5.74) is 10.7. The normalized spacial score (nSPS) is 11.0. The van der Waals surface area contributed by atoms with Crippen LogP contribution in [0, 0.1) is 6.92 Å². The van der Waals surface area contributed by atoms with Gasteiger partial charge >= 0.3 is 5.97 Å². The van der Waals surface area contributed by atoms with Crippen LogP contribution < -0.4 is 10.5 Å². The number of fused-ring (bicyclic) bond motifs is 1. The maximum Gasteiger partial charge on any atom is 0.336 e. The molecule has 0 bridgehead atoms. The molecule has 3 aromatic rings. The molecule has 0 spiro atoms. The van der Waals surface area contributed by atoms with Gasteiger partial charge in [-0.05, 0) is 62.1 Å². The van der Waals surface area contributed by atoms with E-state index in [0.29, 0.717) is 12.1 Å². The number of rotatable bonds is 7. The van der Waals surface area contributed by atoms with Crippen molar-refractivity contribution in [1.29, 1.82) is 0 Å². The Hall–Kier alpha value is -2.79. The molecule has 5 heteroatoms. The number of benzene rings is 2. The number of para-hydroxylation sites is 1. The van der Waals surface area contributed by atoms with Gasteiger partial charge in [-0.25, -0.2) is 4.79 Å². The summed E-state index contributed by atoms with van der Waals surface area (Å²) in [6, 6.07) is 11.3. The van der Waals surface area contributed by atoms with Gasteiger partial charge in [-0.2, -0.15) is 0 Å². The molecule has 0 unspecified atom stereocenters. The third-order valence-electron chi connectivity index (χ3n) is 4.75. The molecule has 2 aromatic carbocycles. The van der Waals surface area contributed by atoms with E-state index in [1.165, 1.54) is 0 Å². The molecular weight excluding hydrogens is 328 g/mol. The summed E-state index contributed by atoms with van der Waals surface area (Å²) in [7, 11) is 1.64. The molecular formula is C21H24N2O3. The van der Waals surface area contributed by atoms with E-state index in [9.17, 15) is 9.90 Å². The highest BCUT2D eigenvalue weighted by atomic mass is 16.5. The number of methoxy groups -OCH3 is 1. The number of nitrogens with two attached hydrogens (primary N) is 1. The number of aromatic carboxylic acids is 1. The molecule has 136 valence electrons. The number of carboxylic acids is 1. The number of aromatic nitrogens is 1. The molecule has 0 fully saturated rings. The molecule has 1 heterocycles. The van der Waals surface area contributed by atoms with Crippen LogP contribution in [0.3, 0.4) is 0 Å². The van der Waals surface area contributed by atoms with Crippen molar-refractivity contribution in [3.63, 3.8) is 0 Å². The number of nitrogens with one attached hydrogen (secondary N) is 1. The van der Waals surface area contributed by atoms with Crippen molar-refractivity contribution in [3.8, 4) is 17.0 Å². The van der Waals surface area contributed by atoms with Gasteiger partial charge in [0.15, 0.2) is 0 Å². The van der Waals surface area contributed by atoms with Gasteiger partial charge in [0.25, 0.3) is 0 Å². The highest BCUT2D eigenvalue weighted by Crippen LogP contribution is 2.38. The first-order valence-electron chi connectivity index (χ1n) is 8.79. The Bertz CT molecular complexity index is 944. The SMILES string of the molecule is COc1ccccc1-c1[nH]c2c(C)ccc(C(=O)O)c2c1CCCCN. The Morgan fingerprint density at radius 1 is 1.19 bits per heavy atom. The Morgan fingerprint density at radius 2 is 1.96 bits per heavy atom. The van der Waals surface area contributed by atoms with Crippen LogP contribution in [-0.2, 0) is 6.42 Å². The van der Waals surface area contributed by atoms with E-state index in [-0.39, 0.29) is 0 Å². The summed E-state index contributed by atoms with van der Waals surface area (Å²) in [6.45, 7) is 2.61.